The van der Waals surface area contributed by atoms with Crippen LogP contribution in [0.15, 0.2) is 28.7 Å². The van der Waals surface area contributed by atoms with Crippen LogP contribution in [-0.4, -0.2) is 28.2 Å². The second-order valence-electron chi connectivity index (χ2n) is 5.77. The molecule has 0 N–H and O–H groups in total. The van der Waals surface area contributed by atoms with Gasteiger partial charge in [-0.2, -0.15) is 0 Å². The van der Waals surface area contributed by atoms with Crippen molar-refractivity contribution in [3.8, 4) is 11.5 Å². The molecule has 1 saturated heterocycles. The van der Waals surface area contributed by atoms with Gasteiger partial charge in [0.05, 0.1) is 6.54 Å². The summed E-state index contributed by atoms with van der Waals surface area (Å²) in [4.78, 5) is 2.40. The van der Waals surface area contributed by atoms with E-state index in [1.807, 2.05) is 18.2 Å². The van der Waals surface area contributed by atoms with Crippen molar-refractivity contribution in [1.29, 1.82) is 0 Å². The second kappa shape index (κ2) is 7.05. The Morgan fingerprint density at radius 3 is 2.62 bits per heavy atom. The Morgan fingerprint density at radius 1 is 1.19 bits per heavy atom. The lowest BCUT2D eigenvalue weighted by Gasteiger charge is -2.28. The average Bonchev–Trinajstić information content (AvgIpc) is 2.90. The number of piperidine rings is 1. The monoisotopic (exact) mass is 307 g/mol. The molecule has 0 radical (unpaired) electrons. The third kappa shape index (κ3) is 3.83. The summed E-state index contributed by atoms with van der Waals surface area (Å²) in [5.74, 6) is 2.19. The third-order valence-electron chi connectivity index (χ3n) is 4.08. The number of nitrogens with zero attached hydrogens (tertiary/aromatic N) is 3. The summed E-state index contributed by atoms with van der Waals surface area (Å²) in [6.07, 6.45) is 2.53. The van der Waals surface area contributed by atoms with E-state index in [1.165, 1.54) is 12.8 Å². The van der Waals surface area contributed by atoms with Crippen molar-refractivity contribution in [1.82, 2.24) is 15.1 Å². The molecule has 21 heavy (non-hydrogen) atoms. The van der Waals surface area contributed by atoms with Crippen LogP contribution in [-0.2, 0) is 6.54 Å². The Hall–Kier alpha value is -1.39. The van der Waals surface area contributed by atoms with Crippen LogP contribution in [0.5, 0.6) is 0 Å². The number of aryl methyl sites for hydroxylation is 1. The van der Waals surface area contributed by atoms with Gasteiger partial charge in [-0.15, -0.1) is 22.6 Å². The fourth-order valence-corrected chi connectivity index (χ4v) is 2.65. The zero-order valence-corrected chi connectivity index (χ0v) is 13.4. The van der Waals surface area contributed by atoms with Gasteiger partial charge in [0.15, 0.2) is 0 Å². The Kier molecular flexibility index (Phi) is 5.37. The highest BCUT2D eigenvalue weighted by atomic mass is 35.5. The minimum atomic E-state index is 0. The van der Waals surface area contributed by atoms with E-state index in [0.717, 1.165) is 42.6 Å². The number of benzene rings is 1. The Morgan fingerprint density at radius 2 is 1.90 bits per heavy atom. The molecule has 1 aliphatic heterocycles. The lowest BCUT2D eigenvalue weighted by Crippen LogP contribution is -2.32. The SMILES string of the molecule is Cc1ccccc1-c1nnc(CN2CCC(C)CC2)o1.Cl. The molecule has 0 spiro atoms. The molecule has 3 rings (SSSR count). The first-order valence-electron chi connectivity index (χ1n) is 7.33. The Balaban J connectivity index is 0.00000161. The molecule has 0 amide bonds. The van der Waals surface area contributed by atoms with Gasteiger partial charge in [-0.25, -0.2) is 0 Å². The number of hydrogen-bond acceptors (Lipinski definition) is 4. The quantitative estimate of drug-likeness (QED) is 0.867. The normalized spacial score (nSPS) is 16.7. The molecule has 5 heteroatoms. The van der Waals surface area contributed by atoms with Crippen molar-refractivity contribution in [3.63, 3.8) is 0 Å². The van der Waals surface area contributed by atoms with Gasteiger partial charge in [0, 0.05) is 5.56 Å². The van der Waals surface area contributed by atoms with E-state index < -0.39 is 0 Å². The fourth-order valence-electron chi connectivity index (χ4n) is 2.65. The molecule has 2 heterocycles. The van der Waals surface area contributed by atoms with Crippen molar-refractivity contribution in [2.45, 2.75) is 33.2 Å². The van der Waals surface area contributed by atoms with Gasteiger partial charge in [-0.3, -0.25) is 4.90 Å². The zero-order valence-electron chi connectivity index (χ0n) is 12.6. The highest BCUT2D eigenvalue weighted by Crippen LogP contribution is 2.23. The molecular formula is C16H22ClN3O. The van der Waals surface area contributed by atoms with Crippen LogP contribution in [0.1, 0.15) is 31.2 Å². The fraction of sp³-hybridized carbons (Fsp3) is 0.500. The van der Waals surface area contributed by atoms with E-state index in [-0.39, 0.29) is 12.4 Å². The minimum absolute atomic E-state index is 0. The van der Waals surface area contributed by atoms with Crippen molar-refractivity contribution >= 4 is 12.4 Å². The first-order chi connectivity index (χ1) is 9.72. The van der Waals surface area contributed by atoms with E-state index in [1.54, 1.807) is 0 Å². The van der Waals surface area contributed by atoms with Gasteiger partial charge in [-0.05, 0) is 50.4 Å². The predicted octanol–water partition coefficient (Wildman–Crippen LogP) is 3.70. The molecule has 0 bridgehead atoms. The smallest absolute Gasteiger partial charge is 0.248 e. The number of rotatable bonds is 3. The molecule has 0 aliphatic carbocycles. The minimum Gasteiger partial charge on any atom is -0.419 e. The summed E-state index contributed by atoms with van der Waals surface area (Å²) in [6, 6.07) is 8.10. The van der Waals surface area contributed by atoms with E-state index in [2.05, 4.69) is 35.0 Å². The van der Waals surface area contributed by atoms with Gasteiger partial charge in [0.25, 0.3) is 0 Å². The molecule has 2 aromatic rings. The molecular weight excluding hydrogens is 286 g/mol. The number of aromatic nitrogens is 2. The largest absolute Gasteiger partial charge is 0.419 e. The summed E-state index contributed by atoms with van der Waals surface area (Å²) in [7, 11) is 0. The molecule has 1 aliphatic rings. The summed E-state index contributed by atoms with van der Waals surface area (Å²) in [5.41, 5.74) is 2.19. The van der Waals surface area contributed by atoms with E-state index >= 15 is 0 Å². The van der Waals surface area contributed by atoms with Crippen molar-refractivity contribution < 1.29 is 4.42 Å². The van der Waals surface area contributed by atoms with Gasteiger partial charge in [0.1, 0.15) is 0 Å². The topological polar surface area (TPSA) is 42.2 Å². The van der Waals surface area contributed by atoms with Crippen LogP contribution in [0, 0.1) is 12.8 Å². The van der Waals surface area contributed by atoms with Crippen LogP contribution in [0.25, 0.3) is 11.5 Å². The van der Waals surface area contributed by atoms with E-state index in [0.29, 0.717) is 5.89 Å². The molecule has 1 fully saturated rings. The summed E-state index contributed by atoms with van der Waals surface area (Å²) >= 11 is 0. The maximum absolute atomic E-state index is 5.82. The molecule has 4 nitrogen and oxygen atoms in total. The van der Waals surface area contributed by atoms with Gasteiger partial charge in [0.2, 0.25) is 11.8 Å². The van der Waals surface area contributed by atoms with Crippen LogP contribution in [0.3, 0.4) is 0 Å². The first-order valence-corrected chi connectivity index (χ1v) is 7.33. The second-order valence-corrected chi connectivity index (χ2v) is 5.77. The standard InChI is InChI=1S/C16H21N3O.ClH/c1-12-7-9-19(10-8-12)11-15-17-18-16(20-15)14-6-4-3-5-13(14)2;/h3-6,12H,7-11H2,1-2H3;1H. The van der Waals surface area contributed by atoms with Crippen LogP contribution in [0.2, 0.25) is 0 Å². The highest BCUT2D eigenvalue weighted by Gasteiger charge is 2.18. The van der Waals surface area contributed by atoms with Crippen molar-refractivity contribution in [2.24, 2.45) is 5.92 Å². The zero-order chi connectivity index (χ0) is 13.9. The molecule has 1 aromatic heterocycles. The lowest BCUT2D eigenvalue weighted by molar-refractivity contribution is 0.171. The molecule has 0 saturated carbocycles. The molecule has 114 valence electrons. The van der Waals surface area contributed by atoms with Gasteiger partial charge < -0.3 is 4.42 Å². The Labute approximate surface area is 132 Å². The number of hydrogen-bond donors (Lipinski definition) is 0. The van der Waals surface area contributed by atoms with E-state index in [4.69, 9.17) is 4.42 Å². The maximum atomic E-state index is 5.82. The van der Waals surface area contributed by atoms with E-state index in [9.17, 15) is 0 Å². The van der Waals surface area contributed by atoms with Crippen molar-refractivity contribution in [2.75, 3.05) is 13.1 Å². The third-order valence-corrected chi connectivity index (χ3v) is 4.08. The number of likely N-dealkylation sites (tertiary alicyclic amines) is 1. The maximum Gasteiger partial charge on any atom is 0.248 e. The first kappa shape index (κ1) is 16.0. The molecule has 0 unspecified atom stereocenters. The number of halogens is 1. The predicted molar refractivity (Wildman–Crippen MR) is 85.4 cm³/mol. The summed E-state index contributed by atoms with van der Waals surface area (Å²) in [6.45, 7) is 7.41. The Bertz CT molecular complexity index is 576. The lowest BCUT2D eigenvalue weighted by atomic mass is 9.99. The van der Waals surface area contributed by atoms with Crippen LogP contribution in [0.4, 0.5) is 0 Å². The van der Waals surface area contributed by atoms with Crippen molar-refractivity contribution in [3.05, 3.63) is 35.7 Å². The molecule has 1 aromatic carbocycles. The summed E-state index contributed by atoms with van der Waals surface area (Å²) < 4.78 is 5.82. The highest BCUT2D eigenvalue weighted by molar-refractivity contribution is 5.85. The van der Waals surface area contributed by atoms with Crippen LogP contribution >= 0.6 is 12.4 Å². The van der Waals surface area contributed by atoms with Gasteiger partial charge >= 0.3 is 0 Å². The van der Waals surface area contributed by atoms with Crippen LogP contribution < -0.4 is 0 Å². The molecule has 0 atom stereocenters. The summed E-state index contributed by atoms with van der Waals surface area (Å²) in [5, 5.41) is 8.37. The average molecular weight is 308 g/mol. The van der Waals surface area contributed by atoms with Gasteiger partial charge in [-0.1, -0.05) is 25.1 Å².